The van der Waals surface area contributed by atoms with Gasteiger partial charge in [0.15, 0.2) is 0 Å². The average Bonchev–Trinajstić information content (AvgIpc) is 2.78. The summed E-state index contributed by atoms with van der Waals surface area (Å²) < 4.78 is 4.76. The lowest BCUT2D eigenvalue weighted by molar-refractivity contribution is -0.122. The van der Waals surface area contributed by atoms with Gasteiger partial charge in [0.2, 0.25) is 11.8 Å². The van der Waals surface area contributed by atoms with Crippen LogP contribution < -0.4 is 4.90 Å². The molecule has 2 atom stereocenters. The standard InChI is InChI=1S/C18H19NO4/c1-10-8-13-14(9-11(10)2)17(21)19(16(13)20)15-7-5-4-6-12(15)18(22)23-3/h4-7,13-14H,8-9H2,1-3H3/t13-,14-/m1/s1. The first-order valence-electron chi connectivity index (χ1n) is 7.66. The number of nitrogens with zero attached hydrogens (tertiary/aromatic N) is 1. The summed E-state index contributed by atoms with van der Waals surface area (Å²) >= 11 is 0. The van der Waals surface area contributed by atoms with E-state index in [4.69, 9.17) is 4.74 Å². The molecule has 2 aliphatic rings. The average molecular weight is 313 g/mol. The van der Waals surface area contributed by atoms with E-state index in [-0.39, 0.29) is 29.2 Å². The summed E-state index contributed by atoms with van der Waals surface area (Å²) in [5, 5.41) is 0. The molecule has 1 saturated heterocycles. The fourth-order valence-corrected chi connectivity index (χ4v) is 3.44. The molecule has 0 bridgehead atoms. The van der Waals surface area contributed by atoms with Crippen molar-refractivity contribution in [1.29, 1.82) is 0 Å². The lowest BCUT2D eigenvalue weighted by atomic mass is 9.78. The quantitative estimate of drug-likeness (QED) is 0.478. The number of carbonyl (C=O) groups is 3. The maximum atomic E-state index is 12.8. The summed E-state index contributed by atoms with van der Waals surface area (Å²) in [6.07, 6.45) is 1.22. The lowest BCUT2D eigenvalue weighted by Crippen LogP contribution is -2.32. The summed E-state index contributed by atoms with van der Waals surface area (Å²) in [5.74, 6) is -1.64. The fraction of sp³-hybridized carbons (Fsp3) is 0.389. The van der Waals surface area contributed by atoms with E-state index >= 15 is 0 Å². The summed E-state index contributed by atoms with van der Waals surface area (Å²) in [6, 6.07) is 6.58. The maximum Gasteiger partial charge on any atom is 0.339 e. The molecule has 0 saturated carbocycles. The molecule has 1 aromatic rings. The van der Waals surface area contributed by atoms with Gasteiger partial charge >= 0.3 is 5.97 Å². The summed E-state index contributed by atoms with van der Waals surface area (Å²) in [6.45, 7) is 4.02. The van der Waals surface area contributed by atoms with Crippen LogP contribution in [0.25, 0.3) is 0 Å². The molecule has 0 spiro atoms. The second kappa shape index (κ2) is 5.65. The molecule has 1 aliphatic carbocycles. The first-order valence-corrected chi connectivity index (χ1v) is 7.66. The van der Waals surface area contributed by atoms with Crippen molar-refractivity contribution in [2.75, 3.05) is 12.0 Å². The zero-order valence-electron chi connectivity index (χ0n) is 13.5. The van der Waals surface area contributed by atoms with Gasteiger partial charge in [0, 0.05) is 0 Å². The highest BCUT2D eigenvalue weighted by atomic mass is 16.5. The summed E-state index contributed by atoms with van der Waals surface area (Å²) in [4.78, 5) is 38.7. The van der Waals surface area contributed by atoms with E-state index in [9.17, 15) is 14.4 Å². The van der Waals surface area contributed by atoms with Crippen LogP contribution >= 0.6 is 0 Å². The highest BCUT2D eigenvalue weighted by Gasteiger charge is 2.50. The van der Waals surface area contributed by atoms with Gasteiger partial charge in [-0.2, -0.15) is 0 Å². The van der Waals surface area contributed by atoms with E-state index in [1.54, 1.807) is 24.3 Å². The van der Waals surface area contributed by atoms with Gasteiger partial charge < -0.3 is 4.74 Å². The highest BCUT2D eigenvalue weighted by Crippen LogP contribution is 2.42. The molecule has 120 valence electrons. The molecular formula is C18H19NO4. The van der Waals surface area contributed by atoms with Crippen LogP contribution in [0.1, 0.15) is 37.0 Å². The number of carbonyl (C=O) groups excluding carboxylic acids is 3. The predicted molar refractivity (Wildman–Crippen MR) is 84.9 cm³/mol. The molecule has 0 N–H and O–H groups in total. The Bertz CT molecular complexity index is 702. The van der Waals surface area contributed by atoms with Crippen LogP contribution in [0.4, 0.5) is 5.69 Å². The molecular weight excluding hydrogens is 294 g/mol. The molecule has 0 aromatic heterocycles. The van der Waals surface area contributed by atoms with Gasteiger partial charge in [-0.3, -0.25) is 9.59 Å². The second-order valence-electron chi connectivity index (χ2n) is 6.20. The molecule has 5 nitrogen and oxygen atoms in total. The molecule has 1 aromatic carbocycles. The van der Waals surface area contributed by atoms with Gasteiger partial charge in [0.05, 0.1) is 30.2 Å². The predicted octanol–water partition coefficient (Wildman–Crippen LogP) is 2.71. The minimum Gasteiger partial charge on any atom is -0.465 e. The molecule has 23 heavy (non-hydrogen) atoms. The molecule has 0 radical (unpaired) electrons. The van der Waals surface area contributed by atoms with E-state index in [1.807, 2.05) is 13.8 Å². The first kappa shape index (κ1) is 15.5. The monoisotopic (exact) mass is 313 g/mol. The van der Waals surface area contributed by atoms with E-state index in [0.29, 0.717) is 18.5 Å². The van der Waals surface area contributed by atoms with Crippen molar-refractivity contribution >= 4 is 23.5 Å². The molecule has 1 fully saturated rings. The second-order valence-corrected chi connectivity index (χ2v) is 6.20. The number of hydrogen-bond acceptors (Lipinski definition) is 4. The Labute approximate surface area is 134 Å². The van der Waals surface area contributed by atoms with E-state index in [1.165, 1.54) is 23.2 Å². The zero-order valence-corrected chi connectivity index (χ0v) is 13.5. The van der Waals surface area contributed by atoms with E-state index in [0.717, 1.165) is 0 Å². The normalized spacial score (nSPS) is 24.0. The van der Waals surface area contributed by atoms with Crippen molar-refractivity contribution in [3.8, 4) is 0 Å². The number of allylic oxidation sites excluding steroid dienone is 2. The van der Waals surface area contributed by atoms with Crippen molar-refractivity contribution in [3.05, 3.63) is 41.0 Å². The van der Waals surface area contributed by atoms with E-state index < -0.39 is 5.97 Å². The number of para-hydroxylation sites is 1. The third-order valence-corrected chi connectivity index (χ3v) is 4.89. The highest BCUT2D eigenvalue weighted by molar-refractivity contribution is 6.24. The molecule has 3 rings (SSSR count). The number of fused-ring (bicyclic) bond motifs is 1. The Balaban J connectivity index is 2.02. The van der Waals surface area contributed by atoms with Gasteiger partial charge in [-0.15, -0.1) is 0 Å². The first-order chi connectivity index (χ1) is 11.0. The Hall–Kier alpha value is -2.43. The number of esters is 1. The number of ether oxygens (including phenoxy) is 1. The minimum atomic E-state index is -0.554. The van der Waals surface area contributed by atoms with Crippen LogP contribution in [0.3, 0.4) is 0 Å². The summed E-state index contributed by atoms with van der Waals surface area (Å²) in [5.41, 5.74) is 2.90. The van der Waals surface area contributed by atoms with Crippen LogP contribution in [0.5, 0.6) is 0 Å². The van der Waals surface area contributed by atoms with Gasteiger partial charge in [0.25, 0.3) is 0 Å². The van der Waals surface area contributed by atoms with Crippen molar-refractivity contribution in [3.63, 3.8) is 0 Å². The number of amides is 2. The number of methoxy groups -OCH3 is 1. The van der Waals surface area contributed by atoms with E-state index in [2.05, 4.69) is 0 Å². The number of anilines is 1. The molecule has 0 unspecified atom stereocenters. The van der Waals surface area contributed by atoms with Crippen molar-refractivity contribution in [2.24, 2.45) is 11.8 Å². The molecule has 5 heteroatoms. The Kier molecular flexibility index (Phi) is 3.80. The van der Waals surface area contributed by atoms with Crippen molar-refractivity contribution in [1.82, 2.24) is 0 Å². The molecule has 1 aliphatic heterocycles. The van der Waals surface area contributed by atoms with Gasteiger partial charge in [0.1, 0.15) is 0 Å². The van der Waals surface area contributed by atoms with Crippen LogP contribution in [0.15, 0.2) is 35.4 Å². The number of hydrogen-bond donors (Lipinski definition) is 0. The maximum absolute atomic E-state index is 12.8. The Morgan fingerprint density at radius 2 is 1.57 bits per heavy atom. The van der Waals surface area contributed by atoms with Gasteiger partial charge in [-0.25, -0.2) is 9.69 Å². The SMILES string of the molecule is COC(=O)c1ccccc1N1C(=O)[C@@H]2CC(C)=C(C)C[C@H]2C1=O. The third-order valence-electron chi connectivity index (χ3n) is 4.89. The van der Waals surface area contributed by atoms with Gasteiger partial charge in [-0.1, -0.05) is 23.3 Å². The Morgan fingerprint density at radius 1 is 1.04 bits per heavy atom. The van der Waals surface area contributed by atoms with Crippen molar-refractivity contribution < 1.29 is 19.1 Å². The Morgan fingerprint density at radius 3 is 2.09 bits per heavy atom. The van der Waals surface area contributed by atoms with Crippen LogP contribution in [0.2, 0.25) is 0 Å². The molecule has 2 amide bonds. The third kappa shape index (κ3) is 2.36. The number of imide groups is 1. The van der Waals surface area contributed by atoms with Gasteiger partial charge in [-0.05, 0) is 38.8 Å². The van der Waals surface area contributed by atoms with Crippen molar-refractivity contribution in [2.45, 2.75) is 26.7 Å². The van der Waals surface area contributed by atoms with Crippen LogP contribution in [0, 0.1) is 11.8 Å². The largest absolute Gasteiger partial charge is 0.465 e. The minimum absolute atomic E-state index is 0.219. The summed E-state index contributed by atoms with van der Waals surface area (Å²) in [7, 11) is 1.28. The smallest absolute Gasteiger partial charge is 0.339 e. The van der Waals surface area contributed by atoms with Crippen LogP contribution in [-0.4, -0.2) is 24.9 Å². The molecule has 1 heterocycles. The van der Waals surface area contributed by atoms with Crippen LogP contribution in [-0.2, 0) is 14.3 Å². The number of benzene rings is 1. The number of rotatable bonds is 2. The topological polar surface area (TPSA) is 63.7 Å². The fourth-order valence-electron chi connectivity index (χ4n) is 3.44. The lowest BCUT2D eigenvalue weighted by Gasteiger charge is -2.23. The zero-order chi connectivity index (χ0) is 16.7.